The molecule has 0 aliphatic rings. The van der Waals surface area contributed by atoms with E-state index < -0.39 is 0 Å². The molecular formula is C17H19NO3. The molecule has 0 atom stereocenters. The van der Waals surface area contributed by atoms with Crippen LogP contribution < -0.4 is 10.1 Å². The molecule has 0 aliphatic heterocycles. The fourth-order valence-electron chi connectivity index (χ4n) is 2.15. The highest BCUT2D eigenvalue weighted by atomic mass is 16.5. The Morgan fingerprint density at radius 2 is 2.00 bits per heavy atom. The lowest BCUT2D eigenvalue weighted by molar-refractivity contribution is 0.0951. The molecule has 110 valence electrons. The van der Waals surface area contributed by atoms with E-state index in [-0.39, 0.29) is 17.2 Å². The number of nitrogens with one attached hydrogen (secondary N) is 1. The predicted molar refractivity (Wildman–Crippen MR) is 81.9 cm³/mol. The molecule has 2 aromatic carbocycles. The van der Waals surface area contributed by atoms with Crippen LogP contribution in [0.15, 0.2) is 42.5 Å². The number of ether oxygens (including phenoxy) is 1. The molecule has 0 fully saturated rings. The number of benzene rings is 2. The van der Waals surface area contributed by atoms with E-state index in [1.807, 2.05) is 25.1 Å². The predicted octanol–water partition coefficient (Wildman–Crippen LogP) is 2.68. The van der Waals surface area contributed by atoms with Gasteiger partial charge in [0.05, 0.1) is 12.7 Å². The van der Waals surface area contributed by atoms with Gasteiger partial charge in [-0.2, -0.15) is 0 Å². The molecule has 0 unspecified atom stereocenters. The van der Waals surface area contributed by atoms with Gasteiger partial charge in [0.1, 0.15) is 0 Å². The van der Waals surface area contributed by atoms with Crippen molar-refractivity contribution in [2.75, 3.05) is 13.7 Å². The highest BCUT2D eigenvalue weighted by molar-refractivity contribution is 5.97. The number of methoxy groups -OCH3 is 1. The second-order valence-corrected chi connectivity index (χ2v) is 4.85. The summed E-state index contributed by atoms with van der Waals surface area (Å²) in [6.45, 7) is 2.55. The average molecular weight is 285 g/mol. The maximum atomic E-state index is 12.1. The number of rotatable bonds is 5. The standard InChI is InChI=1S/C17H19NO3/c1-12-5-3-6-13(11-12)9-10-18-17(20)14-7-4-8-15(21-2)16(14)19/h3-8,11,19H,9-10H2,1-2H3,(H,18,20). The van der Waals surface area contributed by atoms with Crippen molar-refractivity contribution in [3.63, 3.8) is 0 Å². The molecule has 0 saturated heterocycles. The molecular weight excluding hydrogens is 266 g/mol. The molecule has 2 rings (SSSR count). The molecule has 2 aromatic rings. The Balaban J connectivity index is 1.96. The fourth-order valence-corrected chi connectivity index (χ4v) is 2.15. The monoisotopic (exact) mass is 285 g/mol. The molecule has 0 spiro atoms. The van der Waals surface area contributed by atoms with Gasteiger partial charge < -0.3 is 15.2 Å². The molecule has 21 heavy (non-hydrogen) atoms. The van der Waals surface area contributed by atoms with E-state index in [0.717, 1.165) is 6.42 Å². The van der Waals surface area contributed by atoms with Gasteiger partial charge in [-0.25, -0.2) is 0 Å². The first-order valence-corrected chi connectivity index (χ1v) is 6.81. The topological polar surface area (TPSA) is 58.6 Å². The Morgan fingerprint density at radius 3 is 2.71 bits per heavy atom. The summed E-state index contributed by atoms with van der Waals surface area (Å²) in [7, 11) is 1.45. The Kier molecular flexibility index (Phi) is 4.82. The number of aryl methyl sites for hydroxylation is 1. The molecule has 4 heteroatoms. The molecule has 0 saturated carbocycles. The van der Waals surface area contributed by atoms with Crippen molar-refractivity contribution >= 4 is 5.91 Å². The molecule has 4 nitrogen and oxygen atoms in total. The molecule has 0 heterocycles. The molecule has 0 radical (unpaired) electrons. The Bertz CT molecular complexity index is 638. The number of phenolic OH excluding ortho intramolecular Hbond substituents is 1. The van der Waals surface area contributed by atoms with Crippen LogP contribution in [0.4, 0.5) is 0 Å². The van der Waals surface area contributed by atoms with Crippen molar-refractivity contribution < 1.29 is 14.6 Å². The van der Waals surface area contributed by atoms with Gasteiger partial charge in [0, 0.05) is 6.54 Å². The van der Waals surface area contributed by atoms with E-state index in [0.29, 0.717) is 12.3 Å². The molecule has 0 aromatic heterocycles. The van der Waals surface area contributed by atoms with Gasteiger partial charge in [-0.15, -0.1) is 0 Å². The van der Waals surface area contributed by atoms with E-state index >= 15 is 0 Å². The second-order valence-electron chi connectivity index (χ2n) is 4.85. The number of carbonyl (C=O) groups is 1. The first-order valence-electron chi connectivity index (χ1n) is 6.81. The molecule has 1 amide bonds. The lowest BCUT2D eigenvalue weighted by Crippen LogP contribution is -2.25. The minimum atomic E-state index is -0.306. The summed E-state index contributed by atoms with van der Waals surface area (Å²) in [4.78, 5) is 12.1. The third kappa shape index (κ3) is 3.75. The lowest BCUT2D eigenvalue weighted by atomic mass is 10.1. The zero-order valence-corrected chi connectivity index (χ0v) is 12.2. The average Bonchev–Trinajstić information content (AvgIpc) is 2.47. The molecule has 2 N–H and O–H groups in total. The SMILES string of the molecule is COc1cccc(C(=O)NCCc2cccc(C)c2)c1O. The second kappa shape index (κ2) is 6.79. The third-order valence-corrected chi connectivity index (χ3v) is 3.25. The van der Waals surface area contributed by atoms with E-state index in [9.17, 15) is 9.90 Å². The van der Waals surface area contributed by atoms with E-state index in [1.165, 1.54) is 18.2 Å². The maximum absolute atomic E-state index is 12.1. The summed E-state index contributed by atoms with van der Waals surface area (Å²) in [5.74, 6) is -0.145. The summed E-state index contributed by atoms with van der Waals surface area (Å²) in [5.41, 5.74) is 2.59. The summed E-state index contributed by atoms with van der Waals surface area (Å²) in [6.07, 6.45) is 0.748. The van der Waals surface area contributed by atoms with Crippen molar-refractivity contribution in [1.82, 2.24) is 5.32 Å². The van der Waals surface area contributed by atoms with Crippen molar-refractivity contribution in [3.05, 3.63) is 59.2 Å². The summed E-state index contributed by atoms with van der Waals surface area (Å²) in [6, 6.07) is 13.0. The number of phenols is 1. The van der Waals surface area contributed by atoms with Crippen molar-refractivity contribution in [3.8, 4) is 11.5 Å². The Labute approximate surface area is 124 Å². The third-order valence-electron chi connectivity index (χ3n) is 3.25. The molecule has 0 aliphatic carbocycles. The number of para-hydroxylation sites is 1. The van der Waals surface area contributed by atoms with Crippen molar-refractivity contribution in [1.29, 1.82) is 0 Å². The number of carbonyl (C=O) groups excluding carboxylic acids is 1. The summed E-state index contributed by atoms with van der Waals surface area (Å²) >= 11 is 0. The fraction of sp³-hybridized carbons (Fsp3) is 0.235. The van der Waals surface area contributed by atoms with Gasteiger partial charge in [0.15, 0.2) is 11.5 Å². The largest absolute Gasteiger partial charge is 0.504 e. The Hall–Kier alpha value is -2.49. The van der Waals surface area contributed by atoms with Gasteiger partial charge in [-0.3, -0.25) is 4.79 Å². The van der Waals surface area contributed by atoms with E-state index in [2.05, 4.69) is 11.4 Å². The number of hydrogen-bond acceptors (Lipinski definition) is 3. The lowest BCUT2D eigenvalue weighted by Gasteiger charge is -2.09. The minimum Gasteiger partial charge on any atom is -0.504 e. The van der Waals surface area contributed by atoms with Gasteiger partial charge >= 0.3 is 0 Å². The van der Waals surface area contributed by atoms with Crippen LogP contribution in [-0.2, 0) is 6.42 Å². The van der Waals surface area contributed by atoms with Gasteiger partial charge in [-0.05, 0) is 31.0 Å². The van der Waals surface area contributed by atoms with Crippen LogP contribution in [0.5, 0.6) is 11.5 Å². The number of hydrogen-bond donors (Lipinski definition) is 2. The van der Waals surface area contributed by atoms with Crippen LogP contribution in [-0.4, -0.2) is 24.7 Å². The van der Waals surface area contributed by atoms with Crippen LogP contribution in [0.1, 0.15) is 21.5 Å². The Morgan fingerprint density at radius 1 is 1.24 bits per heavy atom. The quantitative estimate of drug-likeness (QED) is 0.888. The van der Waals surface area contributed by atoms with E-state index in [4.69, 9.17) is 4.74 Å². The zero-order valence-electron chi connectivity index (χ0n) is 12.2. The smallest absolute Gasteiger partial charge is 0.255 e. The van der Waals surface area contributed by atoms with Gasteiger partial charge in [0.2, 0.25) is 0 Å². The zero-order chi connectivity index (χ0) is 15.2. The maximum Gasteiger partial charge on any atom is 0.255 e. The first kappa shape index (κ1) is 14.9. The van der Waals surface area contributed by atoms with Crippen LogP contribution in [0, 0.1) is 6.92 Å². The molecule has 0 bridgehead atoms. The van der Waals surface area contributed by atoms with Crippen LogP contribution in [0.2, 0.25) is 0 Å². The van der Waals surface area contributed by atoms with Gasteiger partial charge in [0.25, 0.3) is 5.91 Å². The van der Waals surface area contributed by atoms with Crippen molar-refractivity contribution in [2.24, 2.45) is 0 Å². The highest BCUT2D eigenvalue weighted by Gasteiger charge is 2.14. The highest BCUT2D eigenvalue weighted by Crippen LogP contribution is 2.29. The minimum absolute atomic E-state index is 0.131. The van der Waals surface area contributed by atoms with Crippen LogP contribution in [0.3, 0.4) is 0 Å². The summed E-state index contributed by atoms with van der Waals surface area (Å²) < 4.78 is 4.99. The van der Waals surface area contributed by atoms with Crippen molar-refractivity contribution in [2.45, 2.75) is 13.3 Å². The number of amides is 1. The summed E-state index contributed by atoms with van der Waals surface area (Å²) in [5, 5.41) is 12.7. The van der Waals surface area contributed by atoms with Crippen LogP contribution >= 0.6 is 0 Å². The van der Waals surface area contributed by atoms with Crippen LogP contribution in [0.25, 0.3) is 0 Å². The van der Waals surface area contributed by atoms with Gasteiger partial charge in [-0.1, -0.05) is 35.9 Å². The first-order chi connectivity index (χ1) is 10.1. The number of aromatic hydroxyl groups is 1. The van der Waals surface area contributed by atoms with E-state index in [1.54, 1.807) is 18.2 Å². The normalized spacial score (nSPS) is 10.2.